The minimum absolute atomic E-state index is 0.256. The quantitative estimate of drug-likeness (QED) is 0.488. The topological polar surface area (TPSA) is 49.7 Å². The maximum Gasteiger partial charge on any atom is 0.279 e. The van der Waals surface area contributed by atoms with Gasteiger partial charge in [0.05, 0.1) is 4.90 Å². The van der Waals surface area contributed by atoms with Crippen LogP contribution in [0.4, 0.5) is 0 Å². The summed E-state index contributed by atoms with van der Waals surface area (Å²) in [5.74, 6) is 0. The van der Waals surface area contributed by atoms with Gasteiger partial charge >= 0.3 is 0 Å². The second-order valence-corrected chi connectivity index (χ2v) is 11.4. The van der Waals surface area contributed by atoms with Crippen molar-refractivity contribution < 1.29 is 8.42 Å². The minimum Gasteiger partial charge on any atom is -0.200 e. The van der Waals surface area contributed by atoms with Crippen LogP contribution >= 0.6 is 0 Å². The molecule has 0 saturated carbocycles. The Balaban J connectivity index is 1.94. The maximum atomic E-state index is 14.0. The number of hydrogen-bond acceptors (Lipinski definition) is 3. The van der Waals surface area contributed by atoms with Gasteiger partial charge in [0, 0.05) is 24.0 Å². The van der Waals surface area contributed by atoms with E-state index in [0.717, 1.165) is 22.4 Å². The van der Waals surface area contributed by atoms with Gasteiger partial charge in [-0.3, -0.25) is 0 Å². The van der Waals surface area contributed by atoms with Crippen LogP contribution in [0.2, 0.25) is 0 Å². The van der Waals surface area contributed by atoms with Gasteiger partial charge in [0.15, 0.2) is 0 Å². The van der Waals surface area contributed by atoms with Crippen LogP contribution in [0.15, 0.2) is 94.9 Å². The Hall–Kier alpha value is -2.92. The number of nitrogens with zero attached hydrogens (tertiary/aromatic N) is 2. The largest absolute Gasteiger partial charge is 0.279 e. The average Bonchev–Trinajstić information content (AvgIpc) is 3.17. The van der Waals surface area contributed by atoms with Gasteiger partial charge in [0.2, 0.25) is 0 Å². The molecule has 0 saturated heterocycles. The molecule has 3 aromatic carbocycles. The van der Waals surface area contributed by atoms with Crippen LogP contribution in [0.5, 0.6) is 0 Å². The third kappa shape index (κ3) is 4.09. The van der Waals surface area contributed by atoms with Gasteiger partial charge in [0.1, 0.15) is 5.54 Å². The van der Waals surface area contributed by atoms with Crippen LogP contribution in [0.1, 0.15) is 43.9 Å². The molecule has 4 rings (SSSR count). The van der Waals surface area contributed by atoms with E-state index in [1.807, 2.05) is 67.6 Å². The fourth-order valence-corrected chi connectivity index (χ4v) is 5.80. The molecule has 1 aliphatic rings. The Morgan fingerprint density at radius 2 is 1.44 bits per heavy atom. The molecule has 1 aliphatic heterocycles. The molecule has 1 atom stereocenters. The molecule has 0 amide bonds. The third-order valence-electron chi connectivity index (χ3n) is 6.10. The summed E-state index contributed by atoms with van der Waals surface area (Å²) in [6.45, 7) is 8.22. The monoisotopic (exact) mass is 446 g/mol. The van der Waals surface area contributed by atoms with Crippen LogP contribution in [0.3, 0.4) is 0 Å². The number of hydrogen-bond donors (Lipinski definition) is 0. The zero-order chi connectivity index (χ0) is 23.0. The fourth-order valence-electron chi connectivity index (χ4n) is 4.22. The summed E-state index contributed by atoms with van der Waals surface area (Å²) in [6.07, 6.45) is 1.08. The van der Waals surface area contributed by atoms with Gasteiger partial charge in [-0.15, -0.1) is 0 Å². The van der Waals surface area contributed by atoms with Crippen molar-refractivity contribution in [3.05, 3.63) is 102 Å². The van der Waals surface area contributed by atoms with Gasteiger partial charge < -0.3 is 0 Å². The summed E-state index contributed by atoms with van der Waals surface area (Å²) in [4.78, 5) is 0.260. The Morgan fingerprint density at radius 3 is 2.00 bits per heavy atom. The summed E-state index contributed by atoms with van der Waals surface area (Å²) in [7, 11) is -3.88. The van der Waals surface area contributed by atoms with Crippen molar-refractivity contribution in [1.29, 1.82) is 0 Å². The van der Waals surface area contributed by atoms with Crippen LogP contribution in [0.25, 0.3) is 0 Å². The molecule has 4 nitrogen and oxygen atoms in total. The lowest BCUT2D eigenvalue weighted by Gasteiger charge is -2.38. The first-order valence-electron chi connectivity index (χ1n) is 10.9. The smallest absolute Gasteiger partial charge is 0.200 e. The summed E-state index contributed by atoms with van der Waals surface area (Å²) >= 11 is 0. The highest BCUT2D eigenvalue weighted by atomic mass is 32.2. The van der Waals surface area contributed by atoms with Gasteiger partial charge in [-0.05, 0) is 30.2 Å². The molecule has 32 heavy (non-hydrogen) atoms. The molecule has 166 valence electrons. The first-order valence-corrected chi connectivity index (χ1v) is 12.4. The van der Waals surface area contributed by atoms with Gasteiger partial charge in [-0.2, -0.15) is 17.9 Å². The lowest BCUT2D eigenvalue weighted by Crippen LogP contribution is -2.45. The Morgan fingerprint density at radius 1 is 0.875 bits per heavy atom. The molecular weight excluding hydrogens is 416 g/mol. The molecule has 0 fully saturated rings. The maximum absolute atomic E-state index is 14.0. The number of rotatable bonds is 5. The van der Waals surface area contributed by atoms with Crippen molar-refractivity contribution in [2.75, 3.05) is 0 Å². The minimum atomic E-state index is -3.88. The zero-order valence-corrected chi connectivity index (χ0v) is 19.9. The number of aryl methyl sites for hydroxylation is 1. The summed E-state index contributed by atoms with van der Waals surface area (Å²) in [5.41, 5.74) is 2.83. The molecular formula is C27H30N2O2S. The highest BCUT2D eigenvalue weighted by Gasteiger charge is 2.51. The molecule has 0 N–H and O–H groups in total. The van der Waals surface area contributed by atoms with E-state index in [1.54, 1.807) is 12.1 Å². The molecule has 5 heteroatoms. The van der Waals surface area contributed by atoms with E-state index in [-0.39, 0.29) is 10.3 Å². The molecule has 1 heterocycles. The summed E-state index contributed by atoms with van der Waals surface area (Å²) in [5, 5.41) is 4.82. The second kappa shape index (κ2) is 8.21. The van der Waals surface area contributed by atoms with E-state index >= 15 is 0 Å². The van der Waals surface area contributed by atoms with E-state index in [0.29, 0.717) is 12.8 Å². The SMILES string of the molecule is Cc1ccc(S(=O)(=O)N2N=C(C(C)(C)C)CC2(Cc2ccccc2)c2ccccc2)cc1. The van der Waals surface area contributed by atoms with Crippen LogP contribution in [-0.4, -0.2) is 18.5 Å². The van der Waals surface area contributed by atoms with Crippen molar-refractivity contribution >= 4 is 15.7 Å². The Kier molecular flexibility index (Phi) is 5.72. The van der Waals surface area contributed by atoms with E-state index < -0.39 is 15.6 Å². The third-order valence-corrected chi connectivity index (χ3v) is 7.85. The number of benzene rings is 3. The van der Waals surface area contributed by atoms with Crippen LogP contribution < -0.4 is 0 Å². The number of hydrazone groups is 1. The predicted molar refractivity (Wildman–Crippen MR) is 130 cm³/mol. The first kappa shape index (κ1) is 22.3. The van der Waals surface area contributed by atoms with Gasteiger partial charge in [-0.25, -0.2) is 0 Å². The van der Waals surface area contributed by atoms with E-state index in [2.05, 4.69) is 32.9 Å². The molecule has 0 radical (unpaired) electrons. The predicted octanol–water partition coefficient (Wildman–Crippen LogP) is 5.93. The standard InChI is InChI=1S/C27H30N2O2S/c1-21-15-17-24(18-16-21)32(30,31)29-27(23-13-9-6-10-14-23,19-22-11-7-5-8-12-22)20-25(28-29)26(2,3)4/h5-18H,19-20H2,1-4H3. The van der Waals surface area contributed by atoms with E-state index in [1.165, 1.54) is 4.41 Å². The van der Waals surface area contributed by atoms with Crippen molar-refractivity contribution in [3.8, 4) is 0 Å². The van der Waals surface area contributed by atoms with Gasteiger partial charge in [0.25, 0.3) is 10.0 Å². The Labute approximate surface area is 191 Å². The fraction of sp³-hybridized carbons (Fsp3) is 0.296. The van der Waals surface area contributed by atoms with Crippen LogP contribution in [0, 0.1) is 12.3 Å². The van der Waals surface area contributed by atoms with Crippen molar-refractivity contribution in [2.45, 2.75) is 51.0 Å². The summed E-state index contributed by atoms with van der Waals surface area (Å²) in [6, 6.07) is 27.0. The number of sulfonamides is 1. The summed E-state index contributed by atoms with van der Waals surface area (Å²) < 4.78 is 29.4. The molecule has 0 aromatic heterocycles. The second-order valence-electron chi connectivity index (χ2n) is 9.59. The van der Waals surface area contributed by atoms with E-state index in [4.69, 9.17) is 5.10 Å². The molecule has 0 spiro atoms. The highest BCUT2D eigenvalue weighted by Crippen LogP contribution is 2.46. The van der Waals surface area contributed by atoms with Crippen molar-refractivity contribution in [2.24, 2.45) is 10.5 Å². The normalized spacial score (nSPS) is 19.1. The van der Waals surface area contributed by atoms with Crippen LogP contribution in [-0.2, 0) is 22.0 Å². The molecule has 3 aromatic rings. The molecule has 0 bridgehead atoms. The average molecular weight is 447 g/mol. The molecule has 0 aliphatic carbocycles. The zero-order valence-electron chi connectivity index (χ0n) is 19.1. The lowest BCUT2D eigenvalue weighted by atomic mass is 9.76. The first-order chi connectivity index (χ1) is 15.1. The Bertz CT molecular complexity index is 1210. The van der Waals surface area contributed by atoms with Crippen molar-refractivity contribution in [1.82, 2.24) is 4.41 Å². The van der Waals surface area contributed by atoms with Crippen molar-refractivity contribution in [3.63, 3.8) is 0 Å². The molecule has 1 unspecified atom stereocenters. The highest BCUT2D eigenvalue weighted by molar-refractivity contribution is 7.89. The van der Waals surface area contributed by atoms with Gasteiger partial charge in [-0.1, -0.05) is 99.1 Å². The lowest BCUT2D eigenvalue weighted by molar-refractivity contribution is 0.220. The van der Waals surface area contributed by atoms with E-state index in [9.17, 15) is 8.42 Å².